The van der Waals surface area contributed by atoms with E-state index in [1.54, 1.807) is 38.1 Å². The number of carbonyl (C=O) groups is 4. The number of thioether (sulfide) groups is 1. The first-order valence-corrected chi connectivity index (χ1v) is 17.0. The van der Waals surface area contributed by atoms with Gasteiger partial charge in [-0.1, -0.05) is 74.5 Å². The molecule has 46 heavy (non-hydrogen) atoms. The lowest BCUT2D eigenvalue weighted by atomic mass is 9.87. The van der Waals surface area contributed by atoms with E-state index in [-0.39, 0.29) is 51.7 Å². The summed E-state index contributed by atoms with van der Waals surface area (Å²) in [5.41, 5.74) is 0.284. The number of hydrogen-bond acceptors (Lipinski definition) is 12. The quantitative estimate of drug-likeness (QED) is 0.0996. The van der Waals surface area contributed by atoms with Gasteiger partial charge in [-0.05, 0) is 11.1 Å². The van der Waals surface area contributed by atoms with Gasteiger partial charge in [-0.2, -0.15) is 0 Å². The van der Waals surface area contributed by atoms with Gasteiger partial charge in [0.1, 0.15) is 11.4 Å². The van der Waals surface area contributed by atoms with E-state index < -0.39 is 42.4 Å². The highest BCUT2D eigenvalue weighted by molar-refractivity contribution is 8.00. The Bertz CT molecular complexity index is 1250. The molecule has 0 fully saturated rings. The number of ether oxygens (including phenoxy) is 2. The Morgan fingerprint density at radius 1 is 0.848 bits per heavy atom. The lowest BCUT2D eigenvalue weighted by Crippen LogP contribution is -2.46. The Morgan fingerprint density at radius 3 is 1.93 bits per heavy atom. The van der Waals surface area contributed by atoms with Crippen LogP contribution in [0.25, 0.3) is 0 Å². The Hall–Kier alpha value is -3.26. The van der Waals surface area contributed by atoms with Crippen LogP contribution in [-0.4, -0.2) is 79.9 Å². The van der Waals surface area contributed by atoms with Crippen molar-refractivity contribution in [3.05, 3.63) is 71.8 Å². The SMILES string of the molecule is COC(=O)CC(SCCNC(=O)CCNC(=O)[C@H](O)C(C)(C)COP(=O)(OCc1ccccc1)OCc1ccccc1)C(=O)OC. The fourth-order valence-corrected chi connectivity index (χ4v) is 6.02. The van der Waals surface area contributed by atoms with Crippen LogP contribution < -0.4 is 10.6 Å². The maximum Gasteiger partial charge on any atom is 0.475 e. The number of methoxy groups -OCH3 is 2. The third kappa shape index (κ3) is 14.4. The molecule has 2 aromatic carbocycles. The lowest BCUT2D eigenvalue weighted by molar-refractivity contribution is -0.146. The number of benzene rings is 2. The number of amides is 2. The molecule has 0 spiro atoms. The molecule has 13 nitrogen and oxygen atoms in total. The number of phosphoric ester groups is 1. The van der Waals surface area contributed by atoms with Crippen molar-refractivity contribution in [2.24, 2.45) is 5.41 Å². The summed E-state index contributed by atoms with van der Waals surface area (Å²) >= 11 is 1.14. The molecular formula is C31H43N2O11PS. The lowest BCUT2D eigenvalue weighted by Gasteiger charge is -2.30. The van der Waals surface area contributed by atoms with Crippen LogP contribution in [0.4, 0.5) is 0 Å². The van der Waals surface area contributed by atoms with Crippen LogP contribution in [0.1, 0.15) is 37.8 Å². The normalized spacial score (nSPS) is 12.9. The average molecular weight is 683 g/mol. The molecule has 3 N–H and O–H groups in total. The summed E-state index contributed by atoms with van der Waals surface area (Å²) in [5, 5.41) is 15.2. The van der Waals surface area contributed by atoms with E-state index in [1.165, 1.54) is 14.2 Å². The summed E-state index contributed by atoms with van der Waals surface area (Å²) in [4.78, 5) is 48.3. The largest absolute Gasteiger partial charge is 0.475 e. The summed E-state index contributed by atoms with van der Waals surface area (Å²) < 4.78 is 39.7. The molecule has 0 heterocycles. The highest BCUT2D eigenvalue weighted by atomic mass is 32.2. The molecule has 2 aromatic rings. The first-order valence-electron chi connectivity index (χ1n) is 14.5. The minimum Gasteiger partial charge on any atom is -0.469 e. The predicted molar refractivity (Wildman–Crippen MR) is 171 cm³/mol. The minimum atomic E-state index is -4.13. The van der Waals surface area contributed by atoms with Crippen molar-refractivity contribution < 1.29 is 51.9 Å². The van der Waals surface area contributed by atoms with Crippen molar-refractivity contribution >= 4 is 43.3 Å². The topological polar surface area (TPSA) is 176 Å². The van der Waals surface area contributed by atoms with Crippen molar-refractivity contribution in [1.82, 2.24) is 10.6 Å². The van der Waals surface area contributed by atoms with Gasteiger partial charge in [0.25, 0.3) is 0 Å². The van der Waals surface area contributed by atoms with Crippen molar-refractivity contribution in [3.8, 4) is 0 Å². The molecule has 254 valence electrons. The molecule has 0 aromatic heterocycles. The zero-order valence-electron chi connectivity index (χ0n) is 26.5. The predicted octanol–water partition coefficient (Wildman–Crippen LogP) is 3.39. The van der Waals surface area contributed by atoms with E-state index in [0.29, 0.717) is 5.75 Å². The average Bonchev–Trinajstić information content (AvgIpc) is 3.07. The van der Waals surface area contributed by atoms with Gasteiger partial charge in [0.15, 0.2) is 0 Å². The summed E-state index contributed by atoms with van der Waals surface area (Å²) in [6, 6.07) is 18.1. The fraction of sp³-hybridized carbons (Fsp3) is 0.484. The third-order valence-corrected chi connectivity index (χ3v) is 9.02. The molecule has 15 heteroatoms. The van der Waals surface area contributed by atoms with Crippen LogP contribution in [0, 0.1) is 5.41 Å². The highest BCUT2D eigenvalue weighted by Crippen LogP contribution is 2.52. The number of phosphoric acid groups is 1. The van der Waals surface area contributed by atoms with Gasteiger partial charge in [-0.25, -0.2) is 4.57 Å². The van der Waals surface area contributed by atoms with Gasteiger partial charge in [-0.3, -0.25) is 32.7 Å². The second-order valence-corrected chi connectivity index (χ2v) is 13.7. The second-order valence-electron chi connectivity index (χ2n) is 10.7. The van der Waals surface area contributed by atoms with Crippen LogP contribution in [-0.2, 0) is 60.0 Å². The van der Waals surface area contributed by atoms with Gasteiger partial charge in [0, 0.05) is 30.7 Å². The first-order chi connectivity index (χ1) is 21.9. The molecule has 0 saturated heterocycles. The number of aliphatic hydroxyl groups is 1. The number of rotatable bonds is 21. The van der Waals surface area contributed by atoms with Crippen LogP contribution in [0.15, 0.2) is 60.7 Å². The summed E-state index contributed by atoms with van der Waals surface area (Å²) in [5.74, 6) is -1.91. The molecule has 0 saturated carbocycles. The van der Waals surface area contributed by atoms with Crippen LogP contribution in [0.5, 0.6) is 0 Å². The van der Waals surface area contributed by atoms with Crippen molar-refractivity contribution in [1.29, 1.82) is 0 Å². The number of aliphatic hydroxyl groups excluding tert-OH is 1. The van der Waals surface area contributed by atoms with Gasteiger partial charge in [0.2, 0.25) is 11.8 Å². The van der Waals surface area contributed by atoms with E-state index in [9.17, 15) is 28.8 Å². The molecule has 2 rings (SSSR count). The van der Waals surface area contributed by atoms with E-state index in [2.05, 4.69) is 15.4 Å². The Kier molecular flexibility index (Phi) is 17.0. The summed E-state index contributed by atoms with van der Waals surface area (Å²) in [7, 11) is -1.69. The van der Waals surface area contributed by atoms with E-state index in [0.717, 1.165) is 22.9 Å². The number of hydrogen-bond donors (Lipinski definition) is 3. The molecule has 0 bridgehead atoms. The molecule has 0 aliphatic rings. The van der Waals surface area contributed by atoms with Crippen molar-refractivity contribution in [2.75, 3.05) is 39.7 Å². The molecule has 0 radical (unpaired) electrons. The highest BCUT2D eigenvalue weighted by Gasteiger charge is 2.38. The van der Waals surface area contributed by atoms with Gasteiger partial charge < -0.3 is 25.2 Å². The molecular weight excluding hydrogens is 639 g/mol. The van der Waals surface area contributed by atoms with Gasteiger partial charge in [-0.15, -0.1) is 11.8 Å². The molecule has 2 amide bonds. The third-order valence-electron chi connectivity index (χ3n) is 6.49. The van der Waals surface area contributed by atoms with E-state index >= 15 is 0 Å². The Labute approximate surface area is 273 Å². The van der Waals surface area contributed by atoms with E-state index in [4.69, 9.17) is 18.3 Å². The maximum atomic E-state index is 13.6. The van der Waals surface area contributed by atoms with Crippen LogP contribution >= 0.6 is 19.6 Å². The Morgan fingerprint density at radius 2 is 1.41 bits per heavy atom. The van der Waals surface area contributed by atoms with Crippen molar-refractivity contribution in [2.45, 2.75) is 51.3 Å². The zero-order valence-corrected chi connectivity index (χ0v) is 28.2. The zero-order chi connectivity index (χ0) is 34.0. The maximum absolute atomic E-state index is 13.6. The Balaban J connectivity index is 1.82. The summed E-state index contributed by atoms with van der Waals surface area (Å²) in [6.07, 6.45) is -1.80. The monoisotopic (exact) mass is 682 g/mol. The smallest absolute Gasteiger partial charge is 0.469 e. The van der Waals surface area contributed by atoms with Crippen LogP contribution in [0.3, 0.4) is 0 Å². The molecule has 0 aliphatic carbocycles. The van der Waals surface area contributed by atoms with E-state index in [1.807, 2.05) is 36.4 Å². The molecule has 1 unspecified atom stereocenters. The standard InChI is InChI=1S/C31H43N2O11PS/c1-31(2,22-44-45(39,42-20-23-11-7-5-8-12-23)43-21-24-13-9-6-10-14-24)28(36)29(37)33-16-15-26(34)32-17-18-46-25(30(38)41-4)19-27(35)40-3/h5-14,25,28,36H,15-22H2,1-4H3,(H,32,34)(H,33,37)/t25?,28-/m0/s1. The van der Waals surface area contributed by atoms with Gasteiger partial charge >= 0.3 is 19.8 Å². The van der Waals surface area contributed by atoms with Crippen molar-refractivity contribution in [3.63, 3.8) is 0 Å². The number of nitrogens with one attached hydrogen (secondary N) is 2. The van der Waals surface area contributed by atoms with Crippen LogP contribution in [0.2, 0.25) is 0 Å². The first kappa shape index (κ1) is 38.9. The second kappa shape index (κ2) is 20.1. The fourth-order valence-electron chi connectivity index (χ4n) is 3.70. The minimum absolute atomic E-state index is 0.0452. The van der Waals surface area contributed by atoms with Gasteiger partial charge in [0.05, 0.1) is 40.5 Å². The number of esters is 2. The summed E-state index contributed by atoms with van der Waals surface area (Å²) in [6.45, 7) is 2.83. The molecule has 2 atom stereocenters. The number of carbonyl (C=O) groups excluding carboxylic acids is 4. The molecule has 0 aliphatic heterocycles.